The number of aromatic nitrogens is 3. The molecule has 0 radical (unpaired) electrons. The van der Waals surface area contributed by atoms with Gasteiger partial charge in [0.25, 0.3) is 5.91 Å². The largest absolute Gasteiger partial charge is 0.305 e. The second-order valence-corrected chi connectivity index (χ2v) is 4.46. The Bertz CT molecular complexity index is 758. The first-order valence-electron chi connectivity index (χ1n) is 6.47. The number of benzene rings is 1. The minimum absolute atomic E-state index is 0.235. The lowest BCUT2D eigenvalue weighted by Crippen LogP contribution is -2.15. The second kappa shape index (κ2) is 5.13. The predicted molar refractivity (Wildman–Crippen MR) is 77.7 cm³/mol. The molecule has 0 bridgehead atoms. The van der Waals surface area contributed by atoms with Gasteiger partial charge in [-0.3, -0.25) is 14.9 Å². The molecule has 2 heterocycles. The number of anilines is 1. The maximum absolute atomic E-state index is 12.4. The molecule has 0 fully saturated rings. The molecule has 2 aromatic heterocycles. The predicted octanol–water partition coefficient (Wildman–Crippen LogP) is 2.77. The Morgan fingerprint density at radius 2 is 2.15 bits per heavy atom. The van der Waals surface area contributed by atoms with Gasteiger partial charge in [-0.1, -0.05) is 31.2 Å². The highest BCUT2D eigenvalue weighted by atomic mass is 16.2. The zero-order chi connectivity index (χ0) is 13.9. The van der Waals surface area contributed by atoms with Crippen LogP contribution in [0.5, 0.6) is 0 Å². The van der Waals surface area contributed by atoms with E-state index in [1.807, 2.05) is 37.3 Å². The lowest BCUT2D eigenvalue weighted by molar-refractivity contribution is 0.102. The number of carbonyl (C=O) groups is 1. The molecule has 0 atom stereocenters. The van der Waals surface area contributed by atoms with E-state index in [0.29, 0.717) is 11.5 Å². The van der Waals surface area contributed by atoms with Gasteiger partial charge in [-0.25, -0.2) is 0 Å². The third-order valence-corrected chi connectivity index (χ3v) is 3.23. The van der Waals surface area contributed by atoms with Crippen LogP contribution in [0.1, 0.15) is 23.0 Å². The summed E-state index contributed by atoms with van der Waals surface area (Å²) < 4.78 is 0. The molecule has 0 saturated heterocycles. The highest BCUT2D eigenvalue weighted by molar-refractivity contribution is 6.11. The van der Waals surface area contributed by atoms with E-state index in [1.165, 1.54) is 0 Å². The van der Waals surface area contributed by atoms with Crippen LogP contribution in [-0.4, -0.2) is 21.1 Å². The molecule has 2 N–H and O–H groups in total. The van der Waals surface area contributed by atoms with E-state index in [4.69, 9.17) is 0 Å². The van der Waals surface area contributed by atoms with Gasteiger partial charge in [-0.15, -0.1) is 0 Å². The van der Waals surface area contributed by atoms with Crippen LogP contribution in [0.4, 0.5) is 5.82 Å². The average molecular weight is 266 g/mol. The van der Waals surface area contributed by atoms with Crippen LogP contribution in [0.15, 0.2) is 42.7 Å². The van der Waals surface area contributed by atoms with Crippen LogP contribution in [0.2, 0.25) is 0 Å². The molecule has 1 amide bonds. The maximum atomic E-state index is 12.4. The minimum Gasteiger partial charge on any atom is -0.305 e. The average Bonchev–Trinajstić information content (AvgIpc) is 2.93. The Hall–Kier alpha value is -2.69. The van der Waals surface area contributed by atoms with E-state index < -0.39 is 0 Å². The number of hydrogen-bond donors (Lipinski definition) is 2. The number of hydrogen-bond acceptors (Lipinski definition) is 3. The van der Waals surface area contributed by atoms with Crippen molar-refractivity contribution in [2.45, 2.75) is 13.3 Å². The van der Waals surface area contributed by atoms with E-state index in [0.717, 1.165) is 22.8 Å². The van der Waals surface area contributed by atoms with Gasteiger partial charge in [-0.05, 0) is 17.9 Å². The molecular weight excluding hydrogens is 252 g/mol. The number of amides is 1. The van der Waals surface area contributed by atoms with Crippen molar-refractivity contribution in [1.82, 2.24) is 15.2 Å². The van der Waals surface area contributed by atoms with Gasteiger partial charge in [0.2, 0.25) is 0 Å². The number of carbonyl (C=O) groups excluding carboxylic acids is 1. The third-order valence-electron chi connectivity index (χ3n) is 3.23. The Morgan fingerprint density at radius 3 is 3.00 bits per heavy atom. The summed E-state index contributed by atoms with van der Waals surface area (Å²) in [4.78, 5) is 16.6. The standard InChI is InChI=1S/C15H14N4O/c1-2-10-9-17-19-14(10)18-15(20)13-12-6-4-3-5-11(12)7-8-16-13/h3-9H,2H2,1H3,(H2,17,18,19,20). The fourth-order valence-electron chi connectivity index (χ4n) is 2.16. The van der Waals surface area contributed by atoms with Gasteiger partial charge in [0, 0.05) is 17.1 Å². The molecule has 1 aromatic carbocycles. The van der Waals surface area contributed by atoms with Crippen LogP contribution in [0, 0.1) is 0 Å². The summed E-state index contributed by atoms with van der Waals surface area (Å²) >= 11 is 0. The minimum atomic E-state index is -0.235. The number of nitrogens with one attached hydrogen (secondary N) is 2. The van der Waals surface area contributed by atoms with Crippen LogP contribution >= 0.6 is 0 Å². The number of nitrogens with zero attached hydrogens (tertiary/aromatic N) is 2. The van der Waals surface area contributed by atoms with Crippen molar-refractivity contribution in [3.8, 4) is 0 Å². The first-order valence-corrected chi connectivity index (χ1v) is 6.47. The Labute approximate surface area is 116 Å². The van der Waals surface area contributed by atoms with Gasteiger partial charge in [0.15, 0.2) is 0 Å². The Balaban J connectivity index is 1.97. The molecule has 0 spiro atoms. The van der Waals surface area contributed by atoms with E-state index in [-0.39, 0.29) is 5.91 Å². The molecule has 0 saturated carbocycles. The lowest BCUT2D eigenvalue weighted by atomic mass is 10.1. The summed E-state index contributed by atoms with van der Waals surface area (Å²) in [6, 6.07) is 9.58. The van der Waals surface area contributed by atoms with Crippen molar-refractivity contribution in [3.05, 3.63) is 54.0 Å². The number of aryl methyl sites for hydroxylation is 1. The van der Waals surface area contributed by atoms with Gasteiger partial charge in [0.1, 0.15) is 11.5 Å². The molecule has 3 aromatic rings. The highest BCUT2D eigenvalue weighted by Crippen LogP contribution is 2.18. The molecular formula is C15H14N4O. The summed E-state index contributed by atoms with van der Waals surface area (Å²) in [5.41, 5.74) is 1.39. The van der Waals surface area contributed by atoms with Gasteiger partial charge >= 0.3 is 0 Å². The molecule has 5 nitrogen and oxygen atoms in total. The van der Waals surface area contributed by atoms with E-state index >= 15 is 0 Å². The van der Waals surface area contributed by atoms with Gasteiger partial charge < -0.3 is 5.32 Å². The van der Waals surface area contributed by atoms with Crippen molar-refractivity contribution in [3.63, 3.8) is 0 Å². The number of rotatable bonds is 3. The van der Waals surface area contributed by atoms with Crippen LogP contribution in [0.25, 0.3) is 10.8 Å². The Morgan fingerprint density at radius 1 is 1.30 bits per heavy atom. The molecule has 0 aliphatic rings. The molecule has 0 aliphatic heterocycles. The van der Waals surface area contributed by atoms with E-state index in [2.05, 4.69) is 20.5 Å². The first kappa shape index (κ1) is 12.3. The fraction of sp³-hybridized carbons (Fsp3) is 0.133. The van der Waals surface area contributed by atoms with Gasteiger partial charge in [-0.2, -0.15) is 5.10 Å². The van der Waals surface area contributed by atoms with Crippen molar-refractivity contribution >= 4 is 22.5 Å². The third kappa shape index (κ3) is 2.14. The summed E-state index contributed by atoms with van der Waals surface area (Å²) in [6.45, 7) is 2.01. The molecule has 100 valence electrons. The van der Waals surface area contributed by atoms with E-state index in [1.54, 1.807) is 12.4 Å². The van der Waals surface area contributed by atoms with Crippen molar-refractivity contribution in [2.24, 2.45) is 0 Å². The topological polar surface area (TPSA) is 70.7 Å². The lowest BCUT2D eigenvalue weighted by Gasteiger charge is -2.06. The number of H-pyrrole nitrogens is 1. The highest BCUT2D eigenvalue weighted by Gasteiger charge is 2.13. The van der Waals surface area contributed by atoms with Gasteiger partial charge in [0.05, 0.1) is 6.20 Å². The molecule has 5 heteroatoms. The van der Waals surface area contributed by atoms with Crippen molar-refractivity contribution < 1.29 is 4.79 Å². The Kier molecular flexibility index (Phi) is 3.16. The van der Waals surface area contributed by atoms with E-state index in [9.17, 15) is 4.79 Å². The molecule has 0 aliphatic carbocycles. The quantitative estimate of drug-likeness (QED) is 0.765. The molecule has 3 rings (SSSR count). The number of fused-ring (bicyclic) bond motifs is 1. The SMILES string of the molecule is CCc1cn[nH]c1NC(=O)c1nccc2ccccc12. The fourth-order valence-corrected chi connectivity index (χ4v) is 2.16. The zero-order valence-electron chi connectivity index (χ0n) is 11.1. The molecule has 0 unspecified atom stereocenters. The second-order valence-electron chi connectivity index (χ2n) is 4.46. The first-order chi connectivity index (χ1) is 9.79. The van der Waals surface area contributed by atoms with Crippen LogP contribution in [0.3, 0.4) is 0 Å². The van der Waals surface area contributed by atoms with Crippen molar-refractivity contribution in [2.75, 3.05) is 5.32 Å². The summed E-state index contributed by atoms with van der Waals surface area (Å²) in [7, 11) is 0. The zero-order valence-corrected chi connectivity index (χ0v) is 11.1. The number of aromatic amines is 1. The smallest absolute Gasteiger partial charge is 0.276 e. The summed E-state index contributed by atoms with van der Waals surface area (Å²) in [5, 5.41) is 11.4. The number of pyridine rings is 1. The summed E-state index contributed by atoms with van der Waals surface area (Å²) in [5.74, 6) is 0.396. The van der Waals surface area contributed by atoms with Crippen LogP contribution in [-0.2, 0) is 6.42 Å². The monoisotopic (exact) mass is 266 g/mol. The molecule has 20 heavy (non-hydrogen) atoms. The summed E-state index contributed by atoms with van der Waals surface area (Å²) in [6.07, 6.45) is 4.16. The van der Waals surface area contributed by atoms with Crippen molar-refractivity contribution in [1.29, 1.82) is 0 Å². The van der Waals surface area contributed by atoms with Crippen LogP contribution < -0.4 is 5.32 Å². The maximum Gasteiger partial charge on any atom is 0.276 e. The normalized spacial score (nSPS) is 10.7.